The average molecular weight is 296 g/mol. The lowest BCUT2D eigenvalue weighted by Gasteiger charge is -2.10. The van der Waals surface area contributed by atoms with Crippen molar-refractivity contribution in [1.82, 2.24) is 4.57 Å². The zero-order chi connectivity index (χ0) is 14.8. The van der Waals surface area contributed by atoms with Crippen LogP contribution in [0.2, 0.25) is 0 Å². The molecule has 0 saturated carbocycles. The van der Waals surface area contributed by atoms with Gasteiger partial charge in [-0.15, -0.1) is 0 Å². The fraction of sp³-hybridized carbons (Fsp3) is 0.118. The Morgan fingerprint density at radius 3 is 2.24 bits per heavy atom. The number of benzene rings is 1. The SMILES string of the molecule is Cc1ccc(C)n1-c1ccc(C(=O)Nc2ccsc2)cc1. The number of nitrogens with one attached hydrogen (secondary N) is 1. The predicted molar refractivity (Wildman–Crippen MR) is 87.5 cm³/mol. The van der Waals surface area contributed by atoms with E-state index in [4.69, 9.17) is 0 Å². The fourth-order valence-electron chi connectivity index (χ4n) is 2.38. The molecule has 3 nitrogen and oxygen atoms in total. The van der Waals surface area contributed by atoms with Gasteiger partial charge in [0.1, 0.15) is 0 Å². The van der Waals surface area contributed by atoms with Crippen molar-refractivity contribution < 1.29 is 4.79 Å². The lowest BCUT2D eigenvalue weighted by atomic mass is 10.2. The molecule has 2 heterocycles. The number of amides is 1. The van der Waals surface area contributed by atoms with Gasteiger partial charge in [-0.1, -0.05) is 0 Å². The Bertz CT molecular complexity index is 735. The molecule has 0 saturated heterocycles. The number of thiophene rings is 1. The Hall–Kier alpha value is -2.33. The molecule has 106 valence electrons. The van der Waals surface area contributed by atoms with Crippen LogP contribution in [-0.2, 0) is 0 Å². The first-order chi connectivity index (χ1) is 10.1. The summed E-state index contributed by atoms with van der Waals surface area (Å²) < 4.78 is 2.17. The van der Waals surface area contributed by atoms with Crippen LogP contribution in [-0.4, -0.2) is 10.5 Å². The molecular formula is C17H16N2OS. The number of hydrogen-bond donors (Lipinski definition) is 1. The Morgan fingerprint density at radius 2 is 1.67 bits per heavy atom. The van der Waals surface area contributed by atoms with E-state index in [1.54, 1.807) is 11.3 Å². The third-order valence-electron chi connectivity index (χ3n) is 3.44. The van der Waals surface area contributed by atoms with Crippen LogP contribution in [0, 0.1) is 13.8 Å². The minimum Gasteiger partial charge on any atom is -0.321 e. The Morgan fingerprint density at radius 1 is 1.00 bits per heavy atom. The molecule has 1 amide bonds. The largest absolute Gasteiger partial charge is 0.321 e. The van der Waals surface area contributed by atoms with Crippen LogP contribution in [0.1, 0.15) is 21.7 Å². The maximum absolute atomic E-state index is 12.1. The summed E-state index contributed by atoms with van der Waals surface area (Å²) in [7, 11) is 0. The van der Waals surface area contributed by atoms with Crippen molar-refractivity contribution in [2.24, 2.45) is 0 Å². The van der Waals surface area contributed by atoms with Gasteiger partial charge in [0.15, 0.2) is 0 Å². The number of aryl methyl sites for hydroxylation is 2. The lowest BCUT2D eigenvalue weighted by Crippen LogP contribution is -2.11. The molecule has 3 aromatic rings. The van der Waals surface area contributed by atoms with Crippen molar-refractivity contribution >= 4 is 22.9 Å². The van der Waals surface area contributed by atoms with Crippen molar-refractivity contribution in [3.05, 3.63) is 70.2 Å². The van der Waals surface area contributed by atoms with Crippen LogP contribution in [0.15, 0.2) is 53.2 Å². The monoisotopic (exact) mass is 296 g/mol. The number of aromatic nitrogens is 1. The summed E-state index contributed by atoms with van der Waals surface area (Å²) in [5, 5.41) is 6.74. The van der Waals surface area contributed by atoms with E-state index in [1.807, 2.05) is 41.1 Å². The summed E-state index contributed by atoms with van der Waals surface area (Å²) in [4.78, 5) is 12.1. The molecule has 0 fully saturated rings. The summed E-state index contributed by atoms with van der Waals surface area (Å²) in [6, 6.07) is 13.7. The van der Waals surface area contributed by atoms with E-state index < -0.39 is 0 Å². The van der Waals surface area contributed by atoms with Gasteiger partial charge < -0.3 is 9.88 Å². The standard InChI is InChI=1S/C17H16N2OS/c1-12-3-4-13(2)19(12)16-7-5-14(6-8-16)17(20)18-15-9-10-21-11-15/h3-11H,1-2H3,(H,18,20). The molecule has 1 aromatic carbocycles. The Balaban J connectivity index is 1.83. The highest BCUT2D eigenvalue weighted by Crippen LogP contribution is 2.18. The van der Waals surface area contributed by atoms with E-state index in [2.05, 4.69) is 35.9 Å². The molecule has 0 atom stereocenters. The zero-order valence-corrected chi connectivity index (χ0v) is 12.8. The van der Waals surface area contributed by atoms with E-state index in [-0.39, 0.29) is 5.91 Å². The first-order valence-electron chi connectivity index (χ1n) is 6.74. The molecule has 0 spiro atoms. The van der Waals surface area contributed by atoms with Gasteiger partial charge in [-0.05, 0) is 61.7 Å². The number of anilines is 1. The first-order valence-corrected chi connectivity index (χ1v) is 7.68. The summed E-state index contributed by atoms with van der Waals surface area (Å²) in [6.45, 7) is 4.15. The molecule has 3 rings (SSSR count). The predicted octanol–water partition coefficient (Wildman–Crippen LogP) is 4.41. The second-order valence-electron chi connectivity index (χ2n) is 4.96. The zero-order valence-electron chi connectivity index (χ0n) is 12.0. The second-order valence-corrected chi connectivity index (χ2v) is 5.74. The number of rotatable bonds is 3. The molecule has 4 heteroatoms. The van der Waals surface area contributed by atoms with E-state index in [9.17, 15) is 4.79 Å². The number of carbonyl (C=O) groups is 1. The maximum atomic E-state index is 12.1. The van der Waals surface area contributed by atoms with E-state index in [0.29, 0.717) is 5.56 Å². The van der Waals surface area contributed by atoms with Crippen LogP contribution < -0.4 is 5.32 Å². The lowest BCUT2D eigenvalue weighted by molar-refractivity contribution is 0.102. The van der Waals surface area contributed by atoms with Crippen molar-refractivity contribution in [2.75, 3.05) is 5.32 Å². The van der Waals surface area contributed by atoms with Crippen molar-refractivity contribution in [3.8, 4) is 5.69 Å². The van der Waals surface area contributed by atoms with E-state index >= 15 is 0 Å². The van der Waals surface area contributed by atoms with Crippen molar-refractivity contribution in [2.45, 2.75) is 13.8 Å². The van der Waals surface area contributed by atoms with E-state index in [0.717, 1.165) is 11.4 Å². The number of hydrogen-bond acceptors (Lipinski definition) is 2. The summed E-state index contributed by atoms with van der Waals surface area (Å²) in [6.07, 6.45) is 0. The summed E-state index contributed by atoms with van der Waals surface area (Å²) >= 11 is 1.56. The second kappa shape index (κ2) is 5.58. The fourth-order valence-corrected chi connectivity index (χ4v) is 2.96. The average Bonchev–Trinajstić information content (AvgIpc) is 3.09. The van der Waals surface area contributed by atoms with Gasteiger partial charge >= 0.3 is 0 Å². The molecule has 0 aliphatic carbocycles. The van der Waals surface area contributed by atoms with Crippen molar-refractivity contribution in [3.63, 3.8) is 0 Å². The van der Waals surface area contributed by atoms with Gasteiger partial charge in [-0.3, -0.25) is 4.79 Å². The van der Waals surface area contributed by atoms with Gasteiger partial charge in [0.05, 0.1) is 5.69 Å². The van der Waals surface area contributed by atoms with Crippen LogP contribution in [0.5, 0.6) is 0 Å². The van der Waals surface area contributed by atoms with Crippen molar-refractivity contribution in [1.29, 1.82) is 0 Å². The molecule has 0 aliphatic heterocycles. The Labute approximate surface area is 127 Å². The van der Waals surface area contributed by atoms with Gasteiger partial charge in [-0.25, -0.2) is 0 Å². The molecule has 0 unspecified atom stereocenters. The maximum Gasteiger partial charge on any atom is 0.255 e. The molecule has 0 bridgehead atoms. The third-order valence-corrected chi connectivity index (χ3v) is 4.12. The minimum atomic E-state index is -0.0825. The molecular weight excluding hydrogens is 280 g/mol. The van der Waals surface area contributed by atoms with Crippen LogP contribution in [0.3, 0.4) is 0 Å². The molecule has 0 aliphatic rings. The quantitative estimate of drug-likeness (QED) is 0.763. The number of carbonyl (C=O) groups excluding carboxylic acids is 1. The van der Waals surface area contributed by atoms with Crippen LogP contribution in [0.4, 0.5) is 5.69 Å². The van der Waals surface area contributed by atoms with E-state index in [1.165, 1.54) is 11.4 Å². The van der Waals surface area contributed by atoms with Gasteiger partial charge in [0.2, 0.25) is 0 Å². The van der Waals surface area contributed by atoms with Gasteiger partial charge in [0.25, 0.3) is 5.91 Å². The highest BCUT2D eigenvalue weighted by atomic mass is 32.1. The topological polar surface area (TPSA) is 34.0 Å². The first kappa shape index (κ1) is 13.6. The molecule has 0 radical (unpaired) electrons. The molecule has 21 heavy (non-hydrogen) atoms. The van der Waals surface area contributed by atoms with Gasteiger partial charge in [0, 0.05) is 28.0 Å². The highest BCUT2D eigenvalue weighted by Gasteiger charge is 2.08. The number of nitrogens with zero attached hydrogens (tertiary/aromatic N) is 1. The van der Waals surface area contributed by atoms with Crippen LogP contribution in [0.25, 0.3) is 5.69 Å². The summed E-state index contributed by atoms with van der Waals surface area (Å²) in [5.74, 6) is -0.0825. The normalized spacial score (nSPS) is 10.6. The third kappa shape index (κ3) is 2.76. The highest BCUT2D eigenvalue weighted by molar-refractivity contribution is 7.08. The Kier molecular flexibility index (Phi) is 3.62. The molecule has 2 aromatic heterocycles. The smallest absolute Gasteiger partial charge is 0.255 e. The van der Waals surface area contributed by atoms with Gasteiger partial charge in [-0.2, -0.15) is 11.3 Å². The minimum absolute atomic E-state index is 0.0825. The summed E-state index contributed by atoms with van der Waals surface area (Å²) in [5.41, 5.74) is 4.94. The van der Waals surface area contributed by atoms with Crippen LogP contribution >= 0.6 is 11.3 Å². The molecule has 1 N–H and O–H groups in total.